The molecule has 2 aliphatic heterocycles. The number of amides is 5. The number of hydrogen-bond donors (Lipinski definition) is 4. The molecule has 2 heterocycles. The summed E-state index contributed by atoms with van der Waals surface area (Å²) >= 11 is 0. The Morgan fingerprint density at radius 1 is 0.982 bits per heavy atom. The highest BCUT2D eigenvalue weighted by atomic mass is 16.5. The van der Waals surface area contributed by atoms with Gasteiger partial charge in [-0.1, -0.05) is 56.3 Å². The van der Waals surface area contributed by atoms with Gasteiger partial charge in [-0.2, -0.15) is 0 Å². The van der Waals surface area contributed by atoms with Gasteiger partial charge in [-0.3, -0.25) is 24.0 Å². The highest BCUT2D eigenvalue weighted by molar-refractivity contribution is 5.96. The molecule has 4 N–H and O–H groups in total. The van der Waals surface area contributed by atoms with Crippen LogP contribution >= 0.6 is 0 Å². The van der Waals surface area contributed by atoms with Crippen molar-refractivity contribution >= 4 is 29.5 Å². The molecule has 55 heavy (non-hydrogen) atoms. The number of nitrogens with one attached hydrogen (secondary N) is 4. The van der Waals surface area contributed by atoms with Crippen LogP contribution in [0.3, 0.4) is 0 Å². The van der Waals surface area contributed by atoms with Gasteiger partial charge in [-0.05, 0) is 97.9 Å². The third kappa shape index (κ3) is 12.9. The van der Waals surface area contributed by atoms with Crippen LogP contribution in [-0.4, -0.2) is 79.4 Å². The van der Waals surface area contributed by atoms with Gasteiger partial charge in [-0.25, -0.2) is 0 Å². The molecule has 3 atom stereocenters. The van der Waals surface area contributed by atoms with Crippen LogP contribution in [0.15, 0.2) is 72.8 Å². The molecule has 5 amide bonds. The Balaban J connectivity index is 1.30. The van der Waals surface area contributed by atoms with Crippen LogP contribution in [0.5, 0.6) is 11.5 Å². The molecule has 294 valence electrons. The largest absolute Gasteiger partial charge is 0.494 e. The number of carbonyl (C=O) groups excluding carboxylic acids is 5. The van der Waals surface area contributed by atoms with E-state index in [9.17, 15) is 24.0 Å². The Hall–Kier alpha value is -5.39. The minimum Gasteiger partial charge on any atom is -0.494 e. The van der Waals surface area contributed by atoms with Gasteiger partial charge in [-0.15, -0.1) is 0 Å². The van der Waals surface area contributed by atoms with Crippen molar-refractivity contribution in [2.45, 2.75) is 84.3 Å². The summed E-state index contributed by atoms with van der Waals surface area (Å²) in [4.78, 5) is 69.5. The SMILES string of the molecule is Cc1ccc2cc1CNC(=O)[C@H](CCc1ccccc1)NC(=O)[C@@H](NC(=O)CCNC(=O)c1cccc(OCC(C)C)c1)CC(=O)N1CCCC(CCO2)C1. The summed E-state index contributed by atoms with van der Waals surface area (Å²) < 4.78 is 11.9. The number of fused-ring (bicyclic) bond motifs is 4. The van der Waals surface area contributed by atoms with Gasteiger partial charge in [0.05, 0.1) is 19.6 Å². The summed E-state index contributed by atoms with van der Waals surface area (Å²) in [7, 11) is 0. The summed E-state index contributed by atoms with van der Waals surface area (Å²) in [6.45, 7) is 8.36. The monoisotopic (exact) mass is 753 g/mol. The van der Waals surface area contributed by atoms with Crippen LogP contribution in [-0.2, 0) is 32.1 Å². The smallest absolute Gasteiger partial charge is 0.251 e. The molecule has 2 aliphatic rings. The maximum absolute atomic E-state index is 14.0. The van der Waals surface area contributed by atoms with E-state index in [1.165, 1.54) is 0 Å². The molecule has 0 aliphatic carbocycles. The van der Waals surface area contributed by atoms with Crippen LogP contribution in [0.2, 0.25) is 0 Å². The topological polar surface area (TPSA) is 155 Å². The molecule has 4 bridgehead atoms. The fourth-order valence-electron chi connectivity index (χ4n) is 6.76. The molecule has 3 aromatic rings. The molecule has 3 aromatic carbocycles. The second kappa shape index (κ2) is 20.3. The zero-order valence-corrected chi connectivity index (χ0v) is 32.2. The maximum atomic E-state index is 14.0. The number of rotatable bonds is 11. The zero-order chi connectivity index (χ0) is 39.2. The zero-order valence-electron chi connectivity index (χ0n) is 32.2. The van der Waals surface area contributed by atoms with Gasteiger partial charge in [0.2, 0.25) is 23.6 Å². The number of piperidine rings is 1. The van der Waals surface area contributed by atoms with E-state index in [4.69, 9.17) is 9.47 Å². The first-order valence-corrected chi connectivity index (χ1v) is 19.5. The standard InChI is InChI=1S/C43H55N5O7/c1-29(2)28-55-35-13-7-12-33(23-35)41(51)44-20-18-39(49)46-38-25-40(50)48-21-8-11-32(27-48)19-22-54-36-16-14-30(3)34(24-36)26-45-42(52)37(47-43(38)53)17-15-31-9-5-4-6-10-31/h4-7,9-10,12-14,16,23-24,29,32,37-38H,8,11,15,17-22,25-28H2,1-3H3,(H,44,51)(H,45,52)(H,46,49)(H,47,53)/t32?,37-,38-/m0/s1. The van der Waals surface area contributed by atoms with Crippen molar-refractivity contribution in [1.29, 1.82) is 0 Å². The lowest BCUT2D eigenvalue weighted by Crippen LogP contribution is -2.55. The van der Waals surface area contributed by atoms with Gasteiger partial charge >= 0.3 is 0 Å². The van der Waals surface area contributed by atoms with E-state index >= 15 is 0 Å². The summed E-state index contributed by atoms with van der Waals surface area (Å²) in [6.07, 6.45) is 2.95. The molecule has 0 aromatic heterocycles. The third-order valence-corrected chi connectivity index (χ3v) is 9.99. The molecule has 5 rings (SSSR count). The highest BCUT2D eigenvalue weighted by Crippen LogP contribution is 2.23. The number of ether oxygens (including phenoxy) is 2. The minimum absolute atomic E-state index is 0.00261. The highest BCUT2D eigenvalue weighted by Gasteiger charge is 2.32. The lowest BCUT2D eigenvalue weighted by Gasteiger charge is -2.34. The fraction of sp³-hybridized carbons (Fsp3) is 0.465. The molecule has 1 fully saturated rings. The number of benzene rings is 3. The van der Waals surface area contributed by atoms with Crippen molar-refractivity contribution in [1.82, 2.24) is 26.2 Å². The first kappa shape index (κ1) is 40.8. The molecule has 0 radical (unpaired) electrons. The second-order valence-corrected chi connectivity index (χ2v) is 14.9. The van der Waals surface area contributed by atoms with E-state index < -0.39 is 23.9 Å². The van der Waals surface area contributed by atoms with Crippen molar-refractivity contribution in [2.24, 2.45) is 11.8 Å². The van der Waals surface area contributed by atoms with Crippen molar-refractivity contribution < 1.29 is 33.4 Å². The van der Waals surface area contributed by atoms with E-state index in [0.29, 0.717) is 62.1 Å². The van der Waals surface area contributed by atoms with Gasteiger partial charge in [0.15, 0.2) is 0 Å². The number of aryl methyl sites for hydroxylation is 2. The molecule has 12 heteroatoms. The lowest BCUT2D eigenvalue weighted by molar-refractivity contribution is -0.138. The van der Waals surface area contributed by atoms with E-state index in [2.05, 4.69) is 21.3 Å². The predicted octanol–water partition coefficient (Wildman–Crippen LogP) is 4.48. The molecule has 0 saturated carbocycles. The Labute approximate surface area is 324 Å². The summed E-state index contributed by atoms with van der Waals surface area (Å²) in [5, 5.41) is 11.4. The lowest BCUT2D eigenvalue weighted by atomic mass is 9.94. The Morgan fingerprint density at radius 3 is 2.60 bits per heavy atom. The van der Waals surface area contributed by atoms with E-state index in [-0.39, 0.29) is 49.6 Å². The van der Waals surface area contributed by atoms with Gasteiger partial charge in [0, 0.05) is 38.2 Å². The van der Waals surface area contributed by atoms with E-state index in [1.54, 1.807) is 29.2 Å². The quantitative estimate of drug-likeness (QED) is 0.225. The average Bonchev–Trinajstić information content (AvgIpc) is 3.18. The average molecular weight is 754 g/mol. The van der Waals surface area contributed by atoms with Crippen LogP contribution in [0.25, 0.3) is 0 Å². The molecule has 1 saturated heterocycles. The summed E-state index contributed by atoms with van der Waals surface area (Å²) in [5.74, 6) is -0.295. The number of hydrogen-bond acceptors (Lipinski definition) is 7. The van der Waals surface area contributed by atoms with Crippen molar-refractivity contribution in [3.63, 3.8) is 0 Å². The summed E-state index contributed by atoms with van der Waals surface area (Å²) in [6, 6.07) is 20.1. The minimum atomic E-state index is -1.24. The summed E-state index contributed by atoms with van der Waals surface area (Å²) in [5.41, 5.74) is 3.29. The second-order valence-electron chi connectivity index (χ2n) is 14.9. The van der Waals surface area contributed by atoms with Crippen LogP contribution in [0.4, 0.5) is 0 Å². The van der Waals surface area contributed by atoms with Gasteiger partial charge < -0.3 is 35.6 Å². The third-order valence-electron chi connectivity index (χ3n) is 9.99. The van der Waals surface area contributed by atoms with Crippen LogP contribution < -0.4 is 30.7 Å². The number of nitrogens with zero attached hydrogens (tertiary/aromatic N) is 1. The van der Waals surface area contributed by atoms with Gasteiger partial charge in [0.25, 0.3) is 5.91 Å². The number of carbonyl (C=O) groups is 5. The molecular weight excluding hydrogens is 699 g/mol. The van der Waals surface area contributed by atoms with Crippen molar-refractivity contribution in [3.05, 3.63) is 95.1 Å². The van der Waals surface area contributed by atoms with Crippen molar-refractivity contribution in [3.8, 4) is 11.5 Å². The van der Waals surface area contributed by atoms with Crippen molar-refractivity contribution in [2.75, 3.05) is 32.8 Å². The molecule has 1 unspecified atom stereocenters. The van der Waals surface area contributed by atoms with Crippen LogP contribution in [0, 0.1) is 18.8 Å². The van der Waals surface area contributed by atoms with E-state index in [0.717, 1.165) is 36.0 Å². The first-order valence-electron chi connectivity index (χ1n) is 19.5. The first-order chi connectivity index (χ1) is 26.5. The van der Waals surface area contributed by atoms with Gasteiger partial charge in [0.1, 0.15) is 23.6 Å². The maximum Gasteiger partial charge on any atom is 0.251 e. The Kier molecular flexibility index (Phi) is 15.1. The Bertz CT molecular complexity index is 1780. The van der Waals surface area contributed by atoms with E-state index in [1.807, 2.05) is 69.3 Å². The fourth-order valence-corrected chi connectivity index (χ4v) is 6.76. The normalized spacial score (nSPS) is 19.6. The predicted molar refractivity (Wildman–Crippen MR) is 209 cm³/mol. The molecular formula is C43H55N5O7. The van der Waals surface area contributed by atoms with Crippen LogP contribution in [0.1, 0.15) is 79.4 Å². The Morgan fingerprint density at radius 2 is 1.80 bits per heavy atom. The molecule has 12 nitrogen and oxygen atoms in total. The molecule has 0 spiro atoms.